The molecule has 1 aromatic rings. The van der Waals surface area contributed by atoms with Crippen molar-refractivity contribution in [1.29, 1.82) is 0 Å². The van der Waals surface area contributed by atoms with Gasteiger partial charge in [0.2, 0.25) is 0 Å². The standard InChI is InChI=1S/C22H34FN3S/c1-2-3-4-5-6-7-8-9-10-11-12-17-21-24-25-22(18-27)26(21)20-16-14-13-15-19(20)23/h13-16,18,22,25H,2-12,17H2,1H3. The van der Waals surface area contributed by atoms with Crippen molar-refractivity contribution in [2.24, 2.45) is 5.10 Å². The number of anilines is 1. The number of nitrogens with zero attached hydrogens (tertiary/aromatic N) is 2. The molecular weight excluding hydrogens is 357 g/mol. The number of halogens is 1. The Hall–Kier alpha value is -1.49. The summed E-state index contributed by atoms with van der Waals surface area (Å²) in [7, 11) is 0. The number of nitrogens with one attached hydrogen (secondary N) is 1. The van der Waals surface area contributed by atoms with Gasteiger partial charge in [-0.1, -0.05) is 95.5 Å². The van der Waals surface area contributed by atoms with E-state index in [9.17, 15) is 4.39 Å². The predicted molar refractivity (Wildman–Crippen MR) is 118 cm³/mol. The molecule has 0 saturated heterocycles. The summed E-state index contributed by atoms with van der Waals surface area (Å²) in [6.07, 6.45) is 15.1. The van der Waals surface area contributed by atoms with Crippen molar-refractivity contribution in [2.45, 2.75) is 90.1 Å². The number of rotatable bonds is 14. The number of hydrogen-bond acceptors (Lipinski definition) is 4. The topological polar surface area (TPSA) is 27.6 Å². The maximum Gasteiger partial charge on any atom is 0.150 e. The molecule has 0 bridgehead atoms. The van der Waals surface area contributed by atoms with Gasteiger partial charge in [0, 0.05) is 11.8 Å². The minimum absolute atomic E-state index is 0.241. The first-order chi connectivity index (χ1) is 13.3. The van der Waals surface area contributed by atoms with E-state index in [0.29, 0.717) is 5.69 Å². The van der Waals surface area contributed by atoms with E-state index in [4.69, 9.17) is 12.2 Å². The molecule has 150 valence electrons. The summed E-state index contributed by atoms with van der Waals surface area (Å²) < 4.78 is 14.2. The van der Waals surface area contributed by atoms with Gasteiger partial charge in [-0.2, -0.15) is 5.10 Å². The molecule has 5 heteroatoms. The molecule has 0 saturated carbocycles. The highest BCUT2D eigenvalue weighted by atomic mass is 32.1. The average molecular weight is 392 g/mol. The molecule has 1 unspecified atom stereocenters. The number of unbranched alkanes of at least 4 members (excludes halogenated alkanes) is 10. The summed E-state index contributed by atoms with van der Waals surface area (Å²) in [5.41, 5.74) is 3.55. The minimum atomic E-state index is -0.250. The van der Waals surface area contributed by atoms with Gasteiger partial charge in [0.25, 0.3) is 0 Å². The Morgan fingerprint density at radius 2 is 1.59 bits per heavy atom. The molecule has 1 N–H and O–H groups in total. The largest absolute Gasteiger partial charge is 0.299 e. The Labute approximate surface area is 169 Å². The molecule has 0 fully saturated rings. The summed E-state index contributed by atoms with van der Waals surface area (Å²) in [6.45, 7) is 2.26. The second kappa shape index (κ2) is 12.8. The highest BCUT2D eigenvalue weighted by Crippen LogP contribution is 2.25. The summed E-state index contributed by atoms with van der Waals surface area (Å²) >= 11 is 5.09. The smallest absolute Gasteiger partial charge is 0.150 e. The van der Waals surface area contributed by atoms with Crippen molar-refractivity contribution in [3.63, 3.8) is 0 Å². The van der Waals surface area contributed by atoms with E-state index in [1.54, 1.807) is 17.5 Å². The monoisotopic (exact) mass is 391 g/mol. The third-order valence-electron chi connectivity index (χ3n) is 5.13. The van der Waals surface area contributed by atoms with Crippen LogP contribution in [0.3, 0.4) is 0 Å². The molecule has 0 radical (unpaired) electrons. The molecule has 0 aliphatic carbocycles. The fourth-order valence-electron chi connectivity index (χ4n) is 3.56. The maximum atomic E-state index is 14.2. The molecule has 1 atom stereocenters. The van der Waals surface area contributed by atoms with E-state index in [1.165, 1.54) is 70.3 Å². The van der Waals surface area contributed by atoms with Crippen LogP contribution in [0, 0.1) is 5.82 Å². The van der Waals surface area contributed by atoms with Gasteiger partial charge in [-0.15, -0.1) is 0 Å². The number of benzene rings is 1. The van der Waals surface area contributed by atoms with Gasteiger partial charge in [0.15, 0.2) is 0 Å². The van der Waals surface area contributed by atoms with Gasteiger partial charge in [-0.25, -0.2) is 4.39 Å². The van der Waals surface area contributed by atoms with Crippen molar-refractivity contribution in [3.05, 3.63) is 30.1 Å². The molecule has 1 aliphatic heterocycles. The van der Waals surface area contributed by atoms with E-state index in [-0.39, 0.29) is 12.0 Å². The van der Waals surface area contributed by atoms with Crippen LogP contribution in [0.4, 0.5) is 10.1 Å². The van der Waals surface area contributed by atoms with E-state index < -0.39 is 0 Å². The Balaban J connectivity index is 1.65. The number of hydrogen-bond donors (Lipinski definition) is 1. The van der Waals surface area contributed by atoms with Crippen molar-refractivity contribution >= 4 is 29.1 Å². The quantitative estimate of drug-likeness (QED) is 0.287. The first kappa shape index (κ1) is 21.8. The van der Waals surface area contributed by atoms with Crippen LogP contribution >= 0.6 is 12.2 Å². The van der Waals surface area contributed by atoms with Crippen molar-refractivity contribution in [2.75, 3.05) is 4.90 Å². The van der Waals surface area contributed by atoms with Crippen molar-refractivity contribution in [3.8, 4) is 0 Å². The van der Waals surface area contributed by atoms with E-state index in [2.05, 4.69) is 17.5 Å². The van der Waals surface area contributed by atoms with Crippen molar-refractivity contribution < 1.29 is 4.39 Å². The SMILES string of the molecule is CCCCCCCCCCCCCC1=NNC(C=S)N1c1ccccc1F. The Morgan fingerprint density at radius 3 is 2.19 bits per heavy atom. The lowest BCUT2D eigenvalue weighted by Gasteiger charge is -2.25. The van der Waals surface area contributed by atoms with E-state index in [0.717, 1.165) is 18.7 Å². The fourth-order valence-corrected chi connectivity index (χ4v) is 3.75. The number of para-hydroxylation sites is 1. The molecule has 1 aromatic carbocycles. The molecular formula is C22H34FN3S. The van der Waals surface area contributed by atoms with Crippen LogP contribution in [0.2, 0.25) is 0 Å². The number of thiocarbonyl (C=S) groups is 1. The molecule has 3 nitrogen and oxygen atoms in total. The molecule has 0 spiro atoms. The zero-order valence-corrected chi connectivity index (χ0v) is 17.4. The minimum Gasteiger partial charge on any atom is -0.299 e. The predicted octanol–water partition coefficient (Wildman–Crippen LogP) is 6.58. The lowest BCUT2D eigenvalue weighted by atomic mass is 10.0. The van der Waals surface area contributed by atoms with E-state index in [1.807, 2.05) is 11.0 Å². The molecule has 2 rings (SSSR count). The van der Waals surface area contributed by atoms with Gasteiger partial charge in [0.05, 0.1) is 5.69 Å². The highest BCUT2D eigenvalue weighted by Gasteiger charge is 2.28. The number of hydrazone groups is 1. The molecule has 27 heavy (non-hydrogen) atoms. The molecule has 0 amide bonds. The van der Waals surface area contributed by atoms with Crippen LogP contribution in [0.1, 0.15) is 84.0 Å². The highest BCUT2D eigenvalue weighted by molar-refractivity contribution is 7.79. The Bertz CT molecular complexity index is 591. The molecule has 1 heterocycles. The lowest BCUT2D eigenvalue weighted by Crippen LogP contribution is -2.41. The van der Waals surface area contributed by atoms with Crippen LogP contribution in [0.5, 0.6) is 0 Å². The third kappa shape index (κ3) is 7.21. The van der Waals surface area contributed by atoms with E-state index >= 15 is 0 Å². The van der Waals surface area contributed by atoms with Crippen LogP contribution in [-0.4, -0.2) is 17.4 Å². The van der Waals surface area contributed by atoms with Crippen LogP contribution in [-0.2, 0) is 0 Å². The fraction of sp³-hybridized carbons (Fsp3) is 0.636. The first-order valence-corrected chi connectivity index (χ1v) is 11.1. The summed E-state index contributed by atoms with van der Waals surface area (Å²) in [5.74, 6) is 0.636. The molecule has 0 aromatic heterocycles. The Morgan fingerprint density at radius 1 is 1.00 bits per heavy atom. The maximum absolute atomic E-state index is 14.2. The summed E-state index contributed by atoms with van der Waals surface area (Å²) in [6, 6.07) is 6.81. The lowest BCUT2D eigenvalue weighted by molar-refractivity contribution is 0.551. The third-order valence-corrected chi connectivity index (χ3v) is 5.38. The zero-order valence-electron chi connectivity index (χ0n) is 16.6. The summed E-state index contributed by atoms with van der Waals surface area (Å²) in [5, 5.41) is 6.00. The number of amidine groups is 1. The first-order valence-electron chi connectivity index (χ1n) is 10.6. The van der Waals surface area contributed by atoms with Crippen molar-refractivity contribution in [1.82, 2.24) is 5.43 Å². The van der Waals surface area contributed by atoms with Gasteiger partial charge < -0.3 is 0 Å². The van der Waals surface area contributed by atoms with Gasteiger partial charge in [-0.3, -0.25) is 10.3 Å². The molecule has 1 aliphatic rings. The normalized spacial score (nSPS) is 16.3. The van der Waals surface area contributed by atoms with Gasteiger partial charge in [-0.05, 0) is 18.6 Å². The Kier molecular flexibility index (Phi) is 10.4. The van der Waals surface area contributed by atoms with Gasteiger partial charge >= 0.3 is 0 Å². The summed E-state index contributed by atoms with van der Waals surface area (Å²) in [4.78, 5) is 1.89. The average Bonchev–Trinajstić information content (AvgIpc) is 3.09. The van der Waals surface area contributed by atoms with Crippen LogP contribution in [0.25, 0.3) is 0 Å². The second-order valence-electron chi connectivity index (χ2n) is 7.34. The van der Waals surface area contributed by atoms with Crippen LogP contribution in [0.15, 0.2) is 29.4 Å². The van der Waals surface area contributed by atoms with Gasteiger partial charge in [0.1, 0.15) is 17.8 Å². The van der Waals surface area contributed by atoms with Crippen LogP contribution < -0.4 is 10.3 Å². The zero-order chi connectivity index (χ0) is 19.3. The second-order valence-corrected chi connectivity index (χ2v) is 7.62.